The first kappa shape index (κ1) is 15.6. The van der Waals surface area contributed by atoms with E-state index in [9.17, 15) is 5.11 Å². The van der Waals surface area contributed by atoms with Gasteiger partial charge in [0.05, 0.1) is 6.20 Å². The summed E-state index contributed by atoms with van der Waals surface area (Å²) >= 11 is 0. The Morgan fingerprint density at radius 2 is 2.08 bits per heavy atom. The number of rotatable bonds is 4. The average Bonchev–Trinajstić information content (AvgIpc) is 3.35. The second-order valence-corrected chi connectivity index (χ2v) is 6.19. The lowest BCUT2D eigenvalue weighted by Crippen LogP contribution is -2.34. The first-order valence-corrected chi connectivity index (χ1v) is 8.32. The summed E-state index contributed by atoms with van der Waals surface area (Å²) in [4.78, 5) is 6.47. The summed E-state index contributed by atoms with van der Waals surface area (Å²) in [6.45, 7) is 1.95. The van der Waals surface area contributed by atoms with Gasteiger partial charge in [0.2, 0.25) is 5.95 Å². The van der Waals surface area contributed by atoms with Crippen molar-refractivity contribution in [2.75, 3.05) is 25.0 Å². The third-order valence-electron chi connectivity index (χ3n) is 4.61. The fourth-order valence-electron chi connectivity index (χ4n) is 3.09. The van der Waals surface area contributed by atoms with Gasteiger partial charge in [-0.2, -0.15) is 0 Å². The Kier molecular flexibility index (Phi) is 4.07. The lowest BCUT2D eigenvalue weighted by atomic mass is 10.1. The van der Waals surface area contributed by atoms with Crippen LogP contribution in [0.1, 0.15) is 6.42 Å². The van der Waals surface area contributed by atoms with E-state index in [-0.39, 0.29) is 5.75 Å². The van der Waals surface area contributed by atoms with Gasteiger partial charge >= 0.3 is 0 Å². The second kappa shape index (κ2) is 6.52. The highest BCUT2D eigenvalue weighted by molar-refractivity contribution is 5.68. The minimum absolute atomic E-state index is 0.156. The highest BCUT2D eigenvalue weighted by atomic mass is 16.3. The highest BCUT2D eigenvalue weighted by Gasteiger charge is 2.21. The quantitative estimate of drug-likeness (QED) is 0.757. The van der Waals surface area contributed by atoms with Gasteiger partial charge in [-0.1, -0.05) is 0 Å². The normalized spacial score (nSPS) is 16.9. The maximum atomic E-state index is 10.4. The van der Waals surface area contributed by atoms with Gasteiger partial charge in [0.25, 0.3) is 0 Å². The first-order valence-electron chi connectivity index (χ1n) is 8.32. The zero-order chi connectivity index (χ0) is 17.2. The van der Waals surface area contributed by atoms with Gasteiger partial charge in [0, 0.05) is 49.3 Å². The Bertz CT molecular complexity index is 841. The van der Waals surface area contributed by atoms with Gasteiger partial charge in [-0.05, 0) is 37.2 Å². The van der Waals surface area contributed by atoms with Crippen molar-refractivity contribution in [3.05, 3.63) is 48.9 Å². The molecule has 3 heterocycles. The van der Waals surface area contributed by atoms with Crippen LogP contribution in [0.2, 0.25) is 0 Å². The van der Waals surface area contributed by atoms with Gasteiger partial charge in [0.1, 0.15) is 11.4 Å². The summed E-state index contributed by atoms with van der Waals surface area (Å²) in [7, 11) is 1.98. The molecule has 128 valence electrons. The maximum absolute atomic E-state index is 10.4. The van der Waals surface area contributed by atoms with Crippen LogP contribution in [0.25, 0.3) is 16.9 Å². The number of phenols is 1. The standard InChI is InChI=1S/C18H20N6O/c1-23(14-6-7-19-11-14)18-20-12-16(21-22-18)15-5-4-13(10-17(15)25)24-8-2-3-9-24/h2-5,8-10,12,14,19,25H,6-7,11H2,1H3/t14-/m0/s1. The van der Waals surface area contributed by atoms with Gasteiger partial charge in [-0.15, -0.1) is 10.2 Å². The maximum Gasteiger partial charge on any atom is 0.245 e. The van der Waals surface area contributed by atoms with Crippen LogP contribution in [0, 0.1) is 0 Å². The van der Waals surface area contributed by atoms with Crippen LogP contribution >= 0.6 is 0 Å². The molecule has 7 nitrogen and oxygen atoms in total. The molecule has 0 saturated carbocycles. The molecule has 7 heteroatoms. The molecule has 0 radical (unpaired) electrons. The molecule has 1 fully saturated rings. The number of aromatic nitrogens is 4. The number of nitrogens with zero attached hydrogens (tertiary/aromatic N) is 5. The van der Waals surface area contributed by atoms with E-state index in [0.717, 1.165) is 25.2 Å². The van der Waals surface area contributed by atoms with Gasteiger partial charge in [-0.3, -0.25) is 0 Å². The molecule has 0 spiro atoms. The molecule has 4 rings (SSSR count). The van der Waals surface area contributed by atoms with Crippen LogP contribution in [0.15, 0.2) is 48.9 Å². The fourth-order valence-corrected chi connectivity index (χ4v) is 3.09. The molecule has 0 unspecified atom stereocenters. The van der Waals surface area contributed by atoms with Crippen molar-refractivity contribution in [2.24, 2.45) is 0 Å². The van der Waals surface area contributed by atoms with Crippen LogP contribution in [-0.4, -0.2) is 51.0 Å². The Morgan fingerprint density at radius 1 is 1.24 bits per heavy atom. The number of benzene rings is 1. The van der Waals surface area contributed by atoms with Gasteiger partial charge < -0.3 is 19.9 Å². The van der Waals surface area contributed by atoms with Crippen molar-refractivity contribution in [2.45, 2.75) is 12.5 Å². The van der Waals surface area contributed by atoms with Crippen molar-refractivity contribution >= 4 is 5.95 Å². The second-order valence-electron chi connectivity index (χ2n) is 6.19. The van der Waals surface area contributed by atoms with E-state index in [4.69, 9.17) is 0 Å². The van der Waals surface area contributed by atoms with Crippen LogP contribution in [0.4, 0.5) is 5.95 Å². The molecule has 25 heavy (non-hydrogen) atoms. The van der Waals surface area contributed by atoms with Gasteiger partial charge in [-0.25, -0.2) is 4.98 Å². The molecule has 1 atom stereocenters. The number of aromatic hydroxyl groups is 1. The Labute approximate surface area is 146 Å². The van der Waals surface area contributed by atoms with E-state index in [1.54, 1.807) is 12.3 Å². The molecule has 0 aliphatic carbocycles. The van der Waals surface area contributed by atoms with E-state index in [0.29, 0.717) is 23.2 Å². The molecule has 3 aromatic rings. The molecule has 1 aliphatic rings. The molecular weight excluding hydrogens is 316 g/mol. The Hall–Kier alpha value is -2.93. The van der Waals surface area contributed by atoms with Crippen LogP contribution < -0.4 is 10.2 Å². The number of anilines is 1. The molecule has 1 aliphatic heterocycles. The van der Waals surface area contributed by atoms with Crippen molar-refractivity contribution in [3.63, 3.8) is 0 Å². The SMILES string of the molecule is CN(c1ncc(-c2ccc(-n3cccc3)cc2O)nn1)[C@H]1CCNC1. The number of hydrogen-bond donors (Lipinski definition) is 2. The fraction of sp³-hybridized carbons (Fsp3) is 0.278. The van der Waals surface area contributed by atoms with Gasteiger partial charge in [0.15, 0.2) is 0 Å². The summed E-state index contributed by atoms with van der Waals surface area (Å²) < 4.78 is 1.93. The van der Waals surface area contributed by atoms with E-state index in [1.165, 1.54) is 0 Å². The lowest BCUT2D eigenvalue weighted by Gasteiger charge is -2.22. The zero-order valence-corrected chi connectivity index (χ0v) is 14.0. The molecule has 1 saturated heterocycles. The van der Waals surface area contributed by atoms with Crippen molar-refractivity contribution < 1.29 is 5.11 Å². The third kappa shape index (κ3) is 3.06. The Morgan fingerprint density at radius 3 is 2.72 bits per heavy atom. The average molecular weight is 336 g/mol. The van der Waals surface area contributed by atoms with Crippen molar-refractivity contribution in [1.82, 2.24) is 25.1 Å². The monoisotopic (exact) mass is 336 g/mol. The molecular formula is C18H20N6O. The predicted molar refractivity (Wildman–Crippen MR) is 95.9 cm³/mol. The van der Waals surface area contributed by atoms with Crippen LogP contribution in [0.5, 0.6) is 5.75 Å². The number of hydrogen-bond acceptors (Lipinski definition) is 6. The smallest absolute Gasteiger partial charge is 0.245 e. The Balaban J connectivity index is 1.57. The number of nitrogens with one attached hydrogen (secondary N) is 1. The minimum Gasteiger partial charge on any atom is -0.507 e. The van der Waals surface area contributed by atoms with E-state index >= 15 is 0 Å². The first-order chi connectivity index (χ1) is 12.2. The summed E-state index contributed by atoms with van der Waals surface area (Å²) in [5.41, 5.74) is 2.06. The highest BCUT2D eigenvalue weighted by Crippen LogP contribution is 2.29. The summed E-state index contributed by atoms with van der Waals surface area (Å²) in [6, 6.07) is 9.75. The summed E-state index contributed by atoms with van der Waals surface area (Å²) in [5.74, 6) is 0.754. The minimum atomic E-state index is 0.156. The van der Waals surface area contributed by atoms with E-state index in [2.05, 4.69) is 20.5 Å². The lowest BCUT2D eigenvalue weighted by molar-refractivity contribution is 0.476. The largest absolute Gasteiger partial charge is 0.507 e. The third-order valence-corrected chi connectivity index (χ3v) is 4.61. The number of likely N-dealkylation sites (N-methyl/N-ethyl adjacent to an activating group) is 1. The van der Waals surface area contributed by atoms with E-state index < -0.39 is 0 Å². The number of phenolic OH excluding ortho intramolecular Hbond substituents is 1. The molecule has 0 amide bonds. The molecule has 1 aromatic carbocycles. The predicted octanol–water partition coefficient (Wildman–Crippen LogP) is 1.83. The van der Waals surface area contributed by atoms with Crippen molar-refractivity contribution in [1.29, 1.82) is 0 Å². The summed E-state index contributed by atoms with van der Waals surface area (Å²) in [5, 5.41) is 22.2. The van der Waals surface area contributed by atoms with Crippen molar-refractivity contribution in [3.8, 4) is 22.7 Å². The summed E-state index contributed by atoms with van der Waals surface area (Å²) in [6.07, 6.45) is 6.59. The van der Waals surface area contributed by atoms with E-state index in [1.807, 2.05) is 53.2 Å². The topological polar surface area (TPSA) is 79.1 Å². The van der Waals surface area contributed by atoms with Crippen LogP contribution in [-0.2, 0) is 0 Å². The molecule has 2 N–H and O–H groups in total. The molecule has 2 aromatic heterocycles. The van der Waals surface area contributed by atoms with Crippen LogP contribution in [0.3, 0.4) is 0 Å². The zero-order valence-electron chi connectivity index (χ0n) is 14.0. The molecule has 0 bridgehead atoms.